The van der Waals surface area contributed by atoms with Gasteiger partial charge >= 0.3 is 5.97 Å². The lowest BCUT2D eigenvalue weighted by Crippen LogP contribution is -2.59. The molecule has 0 aromatic carbocycles. The zero-order valence-electron chi connectivity index (χ0n) is 6.26. The third kappa shape index (κ3) is 2.12. The fourth-order valence-electron chi connectivity index (χ4n) is 1.04. The van der Waals surface area contributed by atoms with Gasteiger partial charge in [0.25, 0.3) is 6.43 Å². The van der Waals surface area contributed by atoms with Gasteiger partial charge in [0.1, 0.15) is 6.04 Å². The van der Waals surface area contributed by atoms with Crippen molar-refractivity contribution in [3.8, 4) is 0 Å². The molecule has 0 aliphatic carbocycles. The number of carboxylic acids is 1. The lowest BCUT2D eigenvalue weighted by atomic mass is 10.1. The molecule has 12 heavy (non-hydrogen) atoms. The molecule has 0 aromatic rings. The van der Waals surface area contributed by atoms with Gasteiger partial charge in [0.15, 0.2) is 0 Å². The van der Waals surface area contributed by atoms with Gasteiger partial charge in [-0.15, -0.1) is 0 Å². The highest BCUT2D eigenvalue weighted by Crippen LogP contribution is 2.03. The summed E-state index contributed by atoms with van der Waals surface area (Å²) in [5.74, 6) is -1.02. The van der Waals surface area contributed by atoms with Crippen LogP contribution in [-0.4, -0.2) is 42.7 Å². The van der Waals surface area contributed by atoms with Crippen LogP contribution in [0.4, 0.5) is 8.78 Å². The highest BCUT2D eigenvalue weighted by atomic mass is 19.3. The van der Waals surface area contributed by atoms with E-state index in [0.717, 1.165) is 0 Å². The van der Waals surface area contributed by atoms with E-state index in [-0.39, 0.29) is 13.1 Å². The predicted octanol–water partition coefficient (Wildman–Crippen LogP) is -0.734. The number of aliphatic carboxylic acids is 1. The van der Waals surface area contributed by atoms with E-state index >= 15 is 0 Å². The summed E-state index contributed by atoms with van der Waals surface area (Å²) in [6, 6.07) is -1.68. The number of rotatable bonds is 2. The Morgan fingerprint density at radius 3 is 2.42 bits per heavy atom. The van der Waals surface area contributed by atoms with Gasteiger partial charge in [0.05, 0.1) is 6.04 Å². The summed E-state index contributed by atoms with van der Waals surface area (Å²) in [6.45, 7) is 0.0406. The SMILES string of the molecule is O=C(O)C1CNC(C(F)F)CN1. The number of piperazine rings is 1. The van der Waals surface area contributed by atoms with Gasteiger partial charge in [0, 0.05) is 13.1 Å². The second kappa shape index (κ2) is 3.77. The largest absolute Gasteiger partial charge is 0.480 e. The molecule has 1 heterocycles. The molecule has 2 unspecified atom stereocenters. The van der Waals surface area contributed by atoms with Crippen LogP contribution in [0.1, 0.15) is 0 Å². The second-order valence-electron chi connectivity index (χ2n) is 2.65. The summed E-state index contributed by atoms with van der Waals surface area (Å²) in [5, 5.41) is 13.4. The first-order chi connectivity index (χ1) is 5.61. The number of carboxylic acid groups (broad SMARTS) is 1. The van der Waals surface area contributed by atoms with Crippen LogP contribution in [-0.2, 0) is 4.79 Å². The normalized spacial score (nSPS) is 30.6. The van der Waals surface area contributed by atoms with E-state index in [9.17, 15) is 13.6 Å². The molecule has 0 amide bonds. The van der Waals surface area contributed by atoms with Crippen molar-refractivity contribution >= 4 is 5.97 Å². The van der Waals surface area contributed by atoms with Gasteiger partial charge in [-0.2, -0.15) is 0 Å². The zero-order chi connectivity index (χ0) is 9.14. The third-order valence-electron chi connectivity index (χ3n) is 1.77. The van der Waals surface area contributed by atoms with Gasteiger partial charge in [-0.05, 0) is 0 Å². The molecule has 0 bridgehead atoms. The quantitative estimate of drug-likeness (QED) is 0.524. The number of hydrogen-bond acceptors (Lipinski definition) is 3. The Morgan fingerprint density at radius 2 is 2.08 bits per heavy atom. The Morgan fingerprint density at radius 1 is 1.42 bits per heavy atom. The van der Waals surface area contributed by atoms with Crippen molar-refractivity contribution in [2.45, 2.75) is 18.5 Å². The van der Waals surface area contributed by atoms with Gasteiger partial charge in [0.2, 0.25) is 0 Å². The highest BCUT2D eigenvalue weighted by Gasteiger charge is 2.29. The van der Waals surface area contributed by atoms with Crippen LogP contribution in [0.25, 0.3) is 0 Å². The Hall–Kier alpha value is -0.750. The Labute approximate surface area is 67.9 Å². The van der Waals surface area contributed by atoms with E-state index in [4.69, 9.17) is 5.11 Å². The van der Waals surface area contributed by atoms with Crippen LogP contribution in [0.3, 0.4) is 0 Å². The Balaban J connectivity index is 2.34. The molecule has 4 nitrogen and oxygen atoms in total. The summed E-state index contributed by atoms with van der Waals surface area (Å²) in [4.78, 5) is 10.3. The maximum absolute atomic E-state index is 12.0. The standard InChI is InChI=1S/C6H10F2N2O2/c7-5(8)3-1-10-4(2-9-3)6(11)12/h3-5,9-10H,1-2H2,(H,11,12). The van der Waals surface area contributed by atoms with Crippen LogP contribution < -0.4 is 10.6 Å². The minimum atomic E-state index is -2.45. The molecule has 0 radical (unpaired) electrons. The van der Waals surface area contributed by atoms with Crippen molar-refractivity contribution in [1.82, 2.24) is 10.6 Å². The molecule has 1 aliphatic heterocycles. The summed E-state index contributed by atoms with van der Waals surface area (Å²) in [7, 11) is 0. The highest BCUT2D eigenvalue weighted by molar-refractivity contribution is 5.73. The van der Waals surface area contributed by atoms with E-state index in [1.807, 2.05) is 0 Å². The van der Waals surface area contributed by atoms with E-state index in [1.165, 1.54) is 0 Å². The third-order valence-corrected chi connectivity index (χ3v) is 1.77. The first kappa shape index (κ1) is 9.34. The van der Waals surface area contributed by atoms with Crippen LogP contribution in [0.15, 0.2) is 0 Å². The van der Waals surface area contributed by atoms with Crippen LogP contribution in [0, 0.1) is 0 Å². The molecule has 6 heteroatoms. The van der Waals surface area contributed by atoms with E-state index in [0.29, 0.717) is 0 Å². The van der Waals surface area contributed by atoms with Gasteiger partial charge < -0.3 is 15.7 Å². The molecular weight excluding hydrogens is 170 g/mol. The number of halogens is 2. The maximum Gasteiger partial charge on any atom is 0.322 e. The average Bonchev–Trinajstić information content (AvgIpc) is 2.04. The van der Waals surface area contributed by atoms with E-state index < -0.39 is 24.5 Å². The van der Waals surface area contributed by atoms with Crippen molar-refractivity contribution < 1.29 is 18.7 Å². The number of alkyl halides is 2. The summed E-state index contributed by atoms with van der Waals surface area (Å²) in [6.07, 6.45) is -2.45. The summed E-state index contributed by atoms with van der Waals surface area (Å²) >= 11 is 0. The van der Waals surface area contributed by atoms with Crippen molar-refractivity contribution in [3.63, 3.8) is 0 Å². The molecule has 3 N–H and O–H groups in total. The lowest BCUT2D eigenvalue weighted by molar-refractivity contribution is -0.140. The Kier molecular flexibility index (Phi) is 2.93. The molecule has 1 rings (SSSR count). The van der Waals surface area contributed by atoms with Crippen LogP contribution in [0.2, 0.25) is 0 Å². The van der Waals surface area contributed by atoms with Gasteiger partial charge in [-0.1, -0.05) is 0 Å². The van der Waals surface area contributed by atoms with Crippen LogP contribution >= 0.6 is 0 Å². The molecule has 1 fully saturated rings. The fourth-order valence-corrected chi connectivity index (χ4v) is 1.04. The summed E-state index contributed by atoms with van der Waals surface area (Å²) in [5.41, 5.74) is 0. The van der Waals surface area contributed by atoms with Gasteiger partial charge in [-0.3, -0.25) is 4.79 Å². The van der Waals surface area contributed by atoms with Crippen molar-refractivity contribution in [1.29, 1.82) is 0 Å². The smallest absolute Gasteiger partial charge is 0.322 e. The fraction of sp³-hybridized carbons (Fsp3) is 0.833. The Bertz CT molecular complexity index is 169. The summed E-state index contributed by atoms with van der Waals surface area (Å²) < 4.78 is 24.0. The minimum absolute atomic E-state index is 0.00532. The molecule has 0 spiro atoms. The molecule has 70 valence electrons. The average molecular weight is 180 g/mol. The van der Waals surface area contributed by atoms with E-state index in [1.54, 1.807) is 0 Å². The topological polar surface area (TPSA) is 61.4 Å². The molecular formula is C6H10F2N2O2. The molecule has 0 saturated carbocycles. The maximum atomic E-state index is 12.0. The number of carbonyl (C=O) groups is 1. The molecule has 1 saturated heterocycles. The van der Waals surface area contributed by atoms with E-state index in [2.05, 4.69) is 10.6 Å². The second-order valence-corrected chi connectivity index (χ2v) is 2.65. The van der Waals surface area contributed by atoms with Crippen molar-refractivity contribution in [2.75, 3.05) is 13.1 Å². The first-order valence-electron chi connectivity index (χ1n) is 3.59. The molecule has 1 aliphatic rings. The zero-order valence-corrected chi connectivity index (χ0v) is 6.26. The molecule has 0 aromatic heterocycles. The number of nitrogens with one attached hydrogen (secondary N) is 2. The van der Waals surface area contributed by atoms with Crippen LogP contribution in [0.5, 0.6) is 0 Å². The van der Waals surface area contributed by atoms with Gasteiger partial charge in [-0.25, -0.2) is 8.78 Å². The lowest BCUT2D eigenvalue weighted by Gasteiger charge is -2.28. The number of hydrogen-bond donors (Lipinski definition) is 3. The van der Waals surface area contributed by atoms with Crippen molar-refractivity contribution in [3.05, 3.63) is 0 Å². The first-order valence-corrected chi connectivity index (χ1v) is 3.59. The predicted molar refractivity (Wildman–Crippen MR) is 37.2 cm³/mol. The minimum Gasteiger partial charge on any atom is -0.480 e. The van der Waals surface area contributed by atoms with Crippen molar-refractivity contribution in [2.24, 2.45) is 0 Å². The monoisotopic (exact) mass is 180 g/mol. The molecule has 2 atom stereocenters.